The fourth-order valence-electron chi connectivity index (χ4n) is 2.76. The molecule has 0 spiro atoms. The van der Waals surface area contributed by atoms with Gasteiger partial charge in [0, 0.05) is 0 Å². The molecule has 0 unspecified atom stereocenters. The molecule has 1 aromatic rings. The Labute approximate surface area is 128 Å². The Hall–Kier alpha value is -0.386. The van der Waals surface area contributed by atoms with Crippen molar-refractivity contribution in [3.05, 3.63) is 35.9 Å². The summed E-state index contributed by atoms with van der Waals surface area (Å²) in [5, 5.41) is 0. The molecule has 0 N–H and O–H groups in total. The van der Waals surface area contributed by atoms with Crippen LogP contribution in [0.1, 0.15) is 31.2 Å². The van der Waals surface area contributed by atoms with Gasteiger partial charge in [-0.05, 0) is 57.2 Å². The Morgan fingerprint density at radius 1 is 0.800 bits per heavy atom. The average molecular weight is 309 g/mol. The normalized spacial score (nSPS) is 12.7. The number of benzene rings is 1. The van der Waals surface area contributed by atoms with E-state index in [4.69, 9.17) is 4.12 Å². The van der Waals surface area contributed by atoms with E-state index in [9.17, 15) is 0 Å². The van der Waals surface area contributed by atoms with Gasteiger partial charge in [-0.3, -0.25) is 0 Å². The zero-order chi connectivity index (χ0) is 15.1. The topological polar surface area (TPSA) is 9.23 Å². The van der Waals surface area contributed by atoms with E-state index in [0.717, 1.165) is 0 Å². The zero-order valence-electron chi connectivity index (χ0n) is 14.0. The molecule has 0 bridgehead atoms. The van der Waals surface area contributed by atoms with E-state index < -0.39 is 16.6 Å². The second-order valence-electron chi connectivity index (χ2n) is 7.37. The Morgan fingerprint density at radius 3 is 2.00 bits per heavy atom. The van der Waals surface area contributed by atoms with E-state index in [1.54, 1.807) is 0 Å². The Morgan fingerprint density at radius 2 is 1.40 bits per heavy atom. The number of hydrogen-bond donors (Lipinski definition) is 0. The minimum absolute atomic E-state index is 1.23. The van der Waals surface area contributed by atoms with Gasteiger partial charge >= 0.3 is 0 Å². The molecule has 20 heavy (non-hydrogen) atoms. The van der Waals surface area contributed by atoms with E-state index in [1.165, 1.54) is 43.7 Å². The van der Waals surface area contributed by atoms with Crippen LogP contribution in [0.2, 0.25) is 38.8 Å². The molecule has 0 aromatic heterocycles. The van der Waals surface area contributed by atoms with Crippen LogP contribution in [0, 0.1) is 0 Å². The van der Waals surface area contributed by atoms with Gasteiger partial charge in [-0.25, -0.2) is 0 Å². The van der Waals surface area contributed by atoms with Gasteiger partial charge in [0.15, 0.2) is 16.6 Å². The van der Waals surface area contributed by atoms with E-state index >= 15 is 0 Å². The molecule has 0 saturated carbocycles. The highest BCUT2D eigenvalue weighted by atomic mass is 28.4. The maximum Gasteiger partial charge on any atom is 0.173 e. The minimum atomic E-state index is -1.40. The van der Waals surface area contributed by atoms with Crippen LogP contribution in [-0.4, -0.2) is 16.6 Å². The molecule has 0 atom stereocenters. The third-order valence-corrected chi connectivity index (χ3v) is 9.64. The lowest BCUT2D eigenvalue weighted by molar-refractivity contribution is 0.538. The third kappa shape index (κ3) is 8.72. The Bertz CT molecular complexity index is 368. The van der Waals surface area contributed by atoms with Crippen LogP contribution in [0.5, 0.6) is 0 Å². The molecule has 3 heteroatoms. The van der Waals surface area contributed by atoms with Crippen LogP contribution >= 0.6 is 0 Å². The van der Waals surface area contributed by atoms with Crippen molar-refractivity contribution in [3.63, 3.8) is 0 Å². The smallest absolute Gasteiger partial charge is 0.173 e. The summed E-state index contributed by atoms with van der Waals surface area (Å²) in [6, 6.07) is 12.2. The Kier molecular flexibility index (Phi) is 7.20. The first-order valence-electron chi connectivity index (χ1n) is 8.03. The van der Waals surface area contributed by atoms with Crippen molar-refractivity contribution >= 4 is 16.6 Å². The van der Waals surface area contributed by atoms with Crippen LogP contribution in [-0.2, 0) is 10.5 Å². The monoisotopic (exact) mass is 308 g/mol. The highest BCUT2D eigenvalue weighted by Crippen LogP contribution is 2.21. The molecule has 0 heterocycles. The zero-order valence-corrected chi connectivity index (χ0v) is 16.0. The summed E-state index contributed by atoms with van der Waals surface area (Å²) in [6.45, 7) is 11.7. The van der Waals surface area contributed by atoms with Gasteiger partial charge in [-0.2, -0.15) is 0 Å². The summed E-state index contributed by atoms with van der Waals surface area (Å²) in [5.74, 6) is 0. The highest BCUT2D eigenvalue weighted by Gasteiger charge is 2.28. The first kappa shape index (κ1) is 17.7. The largest absolute Gasteiger partial charge is 0.456 e. The predicted octanol–water partition coefficient (Wildman–Crippen LogP) is 5.85. The van der Waals surface area contributed by atoms with Gasteiger partial charge in [-0.1, -0.05) is 49.6 Å². The second kappa shape index (κ2) is 8.15. The fourth-order valence-corrected chi connectivity index (χ4v) is 10.9. The number of aryl methyl sites for hydroxylation is 1. The molecular formula is C17H32OSi2. The molecule has 0 fully saturated rings. The first-order chi connectivity index (χ1) is 9.29. The van der Waals surface area contributed by atoms with Crippen molar-refractivity contribution in [3.8, 4) is 0 Å². The lowest BCUT2D eigenvalue weighted by Crippen LogP contribution is -2.42. The molecular weight excluding hydrogens is 276 g/mol. The summed E-state index contributed by atoms with van der Waals surface area (Å²) < 4.78 is 6.38. The lowest BCUT2D eigenvalue weighted by Gasteiger charge is -2.31. The van der Waals surface area contributed by atoms with E-state index in [1.807, 2.05) is 0 Å². The number of hydrogen-bond acceptors (Lipinski definition) is 1. The number of rotatable bonds is 9. The molecule has 1 aromatic carbocycles. The van der Waals surface area contributed by atoms with Crippen molar-refractivity contribution in [1.29, 1.82) is 0 Å². The molecule has 0 aliphatic carbocycles. The van der Waals surface area contributed by atoms with E-state index in [2.05, 4.69) is 63.1 Å². The van der Waals surface area contributed by atoms with Gasteiger partial charge in [0.1, 0.15) is 0 Å². The first-order valence-corrected chi connectivity index (χ1v) is 14.5. The molecule has 114 valence electrons. The van der Waals surface area contributed by atoms with Gasteiger partial charge in [-0.15, -0.1) is 0 Å². The van der Waals surface area contributed by atoms with Crippen molar-refractivity contribution in [2.45, 2.75) is 70.9 Å². The molecule has 1 nitrogen and oxygen atoms in total. The maximum absolute atomic E-state index is 6.38. The quantitative estimate of drug-likeness (QED) is 0.411. The SMILES string of the molecule is C[Si](C)(C)O[Si](C)(C)CCCCCCc1ccccc1. The summed E-state index contributed by atoms with van der Waals surface area (Å²) in [6.07, 6.45) is 6.61. The number of unbranched alkanes of at least 4 members (excludes halogenated alkanes) is 3. The highest BCUT2D eigenvalue weighted by molar-refractivity contribution is 6.84. The van der Waals surface area contributed by atoms with Gasteiger partial charge < -0.3 is 4.12 Å². The van der Waals surface area contributed by atoms with E-state index in [0.29, 0.717) is 0 Å². The van der Waals surface area contributed by atoms with Gasteiger partial charge in [0.2, 0.25) is 0 Å². The van der Waals surface area contributed by atoms with Crippen molar-refractivity contribution in [2.75, 3.05) is 0 Å². The van der Waals surface area contributed by atoms with Crippen LogP contribution in [0.4, 0.5) is 0 Å². The van der Waals surface area contributed by atoms with Crippen LogP contribution in [0.25, 0.3) is 0 Å². The summed E-state index contributed by atoms with van der Waals surface area (Å²) in [7, 11) is -2.75. The van der Waals surface area contributed by atoms with Crippen molar-refractivity contribution < 1.29 is 4.12 Å². The standard InChI is InChI=1S/C17H32OSi2/c1-19(2,3)18-20(4,5)16-12-7-6-9-13-17-14-10-8-11-15-17/h8,10-11,14-15H,6-7,9,12-13,16H2,1-5H3. The van der Waals surface area contributed by atoms with Crippen LogP contribution in [0.3, 0.4) is 0 Å². The van der Waals surface area contributed by atoms with Crippen molar-refractivity contribution in [1.82, 2.24) is 0 Å². The lowest BCUT2D eigenvalue weighted by atomic mass is 10.1. The molecule has 0 saturated heterocycles. The van der Waals surface area contributed by atoms with Gasteiger partial charge in [0.05, 0.1) is 0 Å². The second-order valence-corrected chi connectivity index (χ2v) is 16.4. The van der Waals surface area contributed by atoms with E-state index in [-0.39, 0.29) is 0 Å². The maximum atomic E-state index is 6.38. The molecule has 0 amide bonds. The summed E-state index contributed by atoms with van der Waals surface area (Å²) >= 11 is 0. The van der Waals surface area contributed by atoms with Crippen LogP contribution < -0.4 is 0 Å². The molecule has 1 rings (SSSR count). The average Bonchev–Trinajstić information content (AvgIpc) is 2.32. The Balaban J connectivity index is 2.10. The molecule has 0 aliphatic rings. The summed E-state index contributed by atoms with van der Waals surface area (Å²) in [4.78, 5) is 0. The van der Waals surface area contributed by atoms with Crippen LogP contribution in [0.15, 0.2) is 30.3 Å². The molecule has 0 aliphatic heterocycles. The molecule has 0 radical (unpaired) electrons. The minimum Gasteiger partial charge on any atom is -0.456 e. The van der Waals surface area contributed by atoms with Gasteiger partial charge in [0.25, 0.3) is 0 Å². The predicted molar refractivity (Wildman–Crippen MR) is 95.3 cm³/mol. The summed E-state index contributed by atoms with van der Waals surface area (Å²) in [5.41, 5.74) is 1.48. The van der Waals surface area contributed by atoms with Crippen molar-refractivity contribution in [2.24, 2.45) is 0 Å². The fraction of sp³-hybridized carbons (Fsp3) is 0.647. The third-order valence-electron chi connectivity index (χ3n) is 3.42.